The third-order valence-electron chi connectivity index (χ3n) is 4.53. The normalized spacial score (nSPS) is 10.7. The minimum absolute atomic E-state index is 0.235. The Bertz CT molecular complexity index is 1150. The van der Waals surface area contributed by atoms with Crippen molar-refractivity contribution in [2.75, 3.05) is 5.32 Å². The zero-order chi connectivity index (χ0) is 20.9. The molecule has 2 heterocycles. The number of halogens is 1. The summed E-state index contributed by atoms with van der Waals surface area (Å²) in [4.78, 5) is 13.2. The van der Waals surface area contributed by atoms with E-state index in [1.54, 1.807) is 28.9 Å². The Hall–Kier alpha value is -3.45. The highest BCUT2D eigenvalue weighted by atomic mass is 32.1. The first-order valence-electron chi connectivity index (χ1n) is 9.43. The molecule has 0 radical (unpaired) electrons. The lowest BCUT2D eigenvalue weighted by Crippen LogP contribution is -2.12. The SMILES string of the molecule is Cc1cc(NC(=O)c2cc(COc3ccccc3)cs2)nn1Cc1ccccc1F. The van der Waals surface area contributed by atoms with Gasteiger partial charge in [0.1, 0.15) is 18.2 Å². The van der Waals surface area contributed by atoms with Crippen molar-refractivity contribution < 1.29 is 13.9 Å². The third kappa shape index (κ3) is 4.75. The molecule has 0 aliphatic rings. The average Bonchev–Trinajstić information content (AvgIpc) is 3.36. The van der Waals surface area contributed by atoms with E-state index in [0.29, 0.717) is 29.4 Å². The average molecular weight is 421 g/mol. The highest BCUT2D eigenvalue weighted by molar-refractivity contribution is 7.12. The van der Waals surface area contributed by atoms with Gasteiger partial charge in [-0.15, -0.1) is 11.3 Å². The number of carbonyl (C=O) groups is 1. The smallest absolute Gasteiger partial charge is 0.266 e. The molecule has 4 aromatic rings. The number of thiophene rings is 1. The summed E-state index contributed by atoms with van der Waals surface area (Å²) in [6.07, 6.45) is 0. The number of para-hydroxylation sites is 1. The van der Waals surface area contributed by atoms with E-state index in [2.05, 4.69) is 10.4 Å². The number of rotatable bonds is 7. The Kier molecular flexibility index (Phi) is 5.90. The van der Waals surface area contributed by atoms with Crippen molar-refractivity contribution in [3.05, 3.63) is 99.6 Å². The van der Waals surface area contributed by atoms with Crippen LogP contribution in [0.5, 0.6) is 5.75 Å². The Morgan fingerprint density at radius 1 is 1.13 bits per heavy atom. The predicted octanol–water partition coefficient (Wildman–Crippen LogP) is 5.27. The molecule has 0 bridgehead atoms. The molecule has 1 amide bonds. The van der Waals surface area contributed by atoms with Gasteiger partial charge in [0.2, 0.25) is 0 Å². The van der Waals surface area contributed by atoms with E-state index in [4.69, 9.17) is 4.74 Å². The van der Waals surface area contributed by atoms with Gasteiger partial charge in [0.05, 0.1) is 11.4 Å². The van der Waals surface area contributed by atoms with Crippen molar-refractivity contribution in [2.24, 2.45) is 0 Å². The van der Waals surface area contributed by atoms with E-state index in [0.717, 1.165) is 17.0 Å². The highest BCUT2D eigenvalue weighted by Crippen LogP contribution is 2.20. The third-order valence-corrected chi connectivity index (χ3v) is 5.50. The van der Waals surface area contributed by atoms with Crippen LogP contribution in [0.2, 0.25) is 0 Å². The summed E-state index contributed by atoms with van der Waals surface area (Å²) >= 11 is 1.35. The largest absolute Gasteiger partial charge is 0.489 e. The van der Waals surface area contributed by atoms with Crippen LogP contribution in [-0.2, 0) is 13.2 Å². The Balaban J connectivity index is 1.38. The second-order valence-corrected chi connectivity index (χ2v) is 7.71. The molecule has 2 aromatic heterocycles. The molecule has 0 fully saturated rings. The second-order valence-electron chi connectivity index (χ2n) is 6.80. The zero-order valence-corrected chi connectivity index (χ0v) is 17.2. The van der Waals surface area contributed by atoms with Gasteiger partial charge < -0.3 is 10.1 Å². The van der Waals surface area contributed by atoms with Gasteiger partial charge in [0.15, 0.2) is 5.82 Å². The minimum Gasteiger partial charge on any atom is -0.489 e. The maximum absolute atomic E-state index is 13.9. The molecule has 2 aromatic carbocycles. The summed E-state index contributed by atoms with van der Waals surface area (Å²) in [6.45, 7) is 2.56. The van der Waals surface area contributed by atoms with Gasteiger partial charge in [-0.3, -0.25) is 9.48 Å². The Morgan fingerprint density at radius 2 is 1.90 bits per heavy atom. The summed E-state index contributed by atoms with van der Waals surface area (Å²) in [7, 11) is 0. The first kappa shape index (κ1) is 19.8. The summed E-state index contributed by atoms with van der Waals surface area (Å²) in [5.74, 6) is 0.707. The van der Waals surface area contributed by atoms with Crippen LogP contribution in [0.3, 0.4) is 0 Å². The molecule has 5 nitrogen and oxygen atoms in total. The van der Waals surface area contributed by atoms with Gasteiger partial charge in [-0.1, -0.05) is 36.4 Å². The number of aromatic nitrogens is 2. The highest BCUT2D eigenvalue weighted by Gasteiger charge is 2.13. The van der Waals surface area contributed by atoms with Gasteiger partial charge in [-0.25, -0.2) is 4.39 Å². The summed E-state index contributed by atoms with van der Waals surface area (Å²) in [5.41, 5.74) is 2.30. The second kappa shape index (κ2) is 8.92. The maximum Gasteiger partial charge on any atom is 0.266 e. The number of hydrogen-bond acceptors (Lipinski definition) is 4. The van der Waals surface area contributed by atoms with Crippen molar-refractivity contribution >= 4 is 23.1 Å². The lowest BCUT2D eigenvalue weighted by Gasteiger charge is -2.05. The van der Waals surface area contributed by atoms with Crippen molar-refractivity contribution in [1.29, 1.82) is 0 Å². The number of nitrogens with zero attached hydrogens (tertiary/aromatic N) is 2. The number of carbonyl (C=O) groups excluding carboxylic acids is 1. The molecule has 7 heteroatoms. The first-order valence-corrected chi connectivity index (χ1v) is 10.3. The standard InChI is InChI=1S/C23H20FN3O2S/c1-16-11-22(26-27(16)13-18-7-5-6-10-20(18)24)25-23(28)21-12-17(15-30-21)14-29-19-8-3-2-4-9-19/h2-12,15H,13-14H2,1H3,(H,25,26,28). The lowest BCUT2D eigenvalue weighted by atomic mass is 10.2. The monoisotopic (exact) mass is 421 g/mol. The van der Waals surface area contributed by atoms with Crippen LogP contribution < -0.4 is 10.1 Å². The number of hydrogen-bond donors (Lipinski definition) is 1. The molecule has 0 spiro atoms. The van der Waals surface area contributed by atoms with E-state index < -0.39 is 0 Å². The van der Waals surface area contributed by atoms with Crippen molar-refractivity contribution in [3.8, 4) is 5.75 Å². The lowest BCUT2D eigenvalue weighted by molar-refractivity contribution is 0.103. The van der Waals surface area contributed by atoms with E-state index in [1.165, 1.54) is 17.4 Å². The molecule has 0 atom stereocenters. The zero-order valence-electron chi connectivity index (χ0n) is 16.3. The quantitative estimate of drug-likeness (QED) is 0.442. The number of anilines is 1. The number of nitrogens with one attached hydrogen (secondary N) is 1. The molecule has 0 aliphatic carbocycles. The van der Waals surface area contributed by atoms with Gasteiger partial charge >= 0.3 is 0 Å². The molecule has 1 N–H and O–H groups in total. The van der Waals surface area contributed by atoms with Crippen LogP contribution in [0.25, 0.3) is 0 Å². The minimum atomic E-state index is -0.276. The molecule has 4 rings (SSSR count). The van der Waals surface area contributed by atoms with Crippen LogP contribution in [0.1, 0.15) is 26.5 Å². The first-order chi connectivity index (χ1) is 14.6. The molecular formula is C23H20FN3O2S. The van der Waals surface area contributed by atoms with Gasteiger partial charge in [0.25, 0.3) is 5.91 Å². The van der Waals surface area contributed by atoms with Gasteiger partial charge in [-0.05, 0) is 36.6 Å². The fraction of sp³-hybridized carbons (Fsp3) is 0.130. The van der Waals surface area contributed by atoms with E-state index in [9.17, 15) is 9.18 Å². The van der Waals surface area contributed by atoms with Gasteiger partial charge in [-0.2, -0.15) is 5.10 Å². The van der Waals surface area contributed by atoms with E-state index in [-0.39, 0.29) is 11.7 Å². The molecule has 0 unspecified atom stereocenters. The van der Waals surface area contributed by atoms with Crippen LogP contribution in [0.15, 0.2) is 72.1 Å². The molecule has 30 heavy (non-hydrogen) atoms. The number of aryl methyl sites for hydroxylation is 1. The van der Waals surface area contributed by atoms with Crippen LogP contribution >= 0.6 is 11.3 Å². The van der Waals surface area contributed by atoms with E-state index >= 15 is 0 Å². The number of amides is 1. The van der Waals surface area contributed by atoms with Crippen LogP contribution in [0, 0.1) is 12.7 Å². The van der Waals surface area contributed by atoms with Crippen LogP contribution in [-0.4, -0.2) is 15.7 Å². The Morgan fingerprint density at radius 3 is 2.70 bits per heavy atom. The molecular weight excluding hydrogens is 401 g/mol. The molecule has 152 valence electrons. The molecule has 0 saturated carbocycles. The predicted molar refractivity (Wildman–Crippen MR) is 116 cm³/mol. The van der Waals surface area contributed by atoms with Crippen molar-refractivity contribution in [2.45, 2.75) is 20.1 Å². The number of ether oxygens (including phenoxy) is 1. The van der Waals surface area contributed by atoms with Crippen molar-refractivity contribution in [3.63, 3.8) is 0 Å². The summed E-state index contributed by atoms with van der Waals surface area (Å²) in [6, 6.07) is 19.7. The van der Waals surface area contributed by atoms with Gasteiger partial charge in [0, 0.05) is 22.9 Å². The van der Waals surface area contributed by atoms with Crippen LogP contribution in [0.4, 0.5) is 10.2 Å². The number of benzene rings is 2. The fourth-order valence-electron chi connectivity index (χ4n) is 2.95. The maximum atomic E-state index is 13.9. The summed E-state index contributed by atoms with van der Waals surface area (Å²) < 4.78 is 21.3. The molecule has 0 saturated heterocycles. The van der Waals surface area contributed by atoms with E-state index in [1.807, 2.05) is 48.7 Å². The molecule has 0 aliphatic heterocycles. The fourth-order valence-corrected chi connectivity index (χ4v) is 3.74. The topological polar surface area (TPSA) is 56.1 Å². The van der Waals surface area contributed by atoms with Crippen molar-refractivity contribution in [1.82, 2.24) is 9.78 Å². The Labute approximate surface area is 177 Å². The summed E-state index contributed by atoms with van der Waals surface area (Å²) in [5, 5.41) is 9.11.